The molecule has 0 spiro atoms. The quantitative estimate of drug-likeness (QED) is 0.841. The zero-order valence-electron chi connectivity index (χ0n) is 13.1. The highest BCUT2D eigenvalue weighted by Gasteiger charge is 2.17. The van der Waals surface area contributed by atoms with Gasteiger partial charge >= 0.3 is 0 Å². The minimum atomic E-state index is -0.0749. The predicted molar refractivity (Wildman–Crippen MR) is 85.6 cm³/mol. The number of hydrogen-bond acceptors (Lipinski definition) is 4. The van der Waals surface area contributed by atoms with Crippen molar-refractivity contribution < 1.29 is 4.79 Å². The van der Waals surface area contributed by atoms with Gasteiger partial charge in [0.2, 0.25) is 0 Å². The Labute approximate surface area is 127 Å². The fourth-order valence-corrected chi connectivity index (χ4v) is 2.53. The molecule has 2 N–H and O–H groups in total. The molecule has 0 radical (unpaired) electrons. The minimum Gasteiger partial charge on any atom is -0.385 e. The van der Waals surface area contributed by atoms with Crippen LogP contribution in [0.2, 0.25) is 0 Å². The summed E-state index contributed by atoms with van der Waals surface area (Å²) >= 11 is 0. The molecule has 1 saturated heterocycles. The molecular weight excluding hydrogens is 264 g/mol. The molecule has 0 aromatic carbocycles. The van der Waals surface area contributed by atoms with Crippen LogP contribution in [-0.4, -0.2) is 49.0 Å². The predicted octanol–water partition coefficient (Wildman–Crippen LogP) is 1.98. The number of amides is 1. The molecule has 1 aromatic rings. The van der Waals surface area contributed by atoms with E-state index in [-0.39, 0.29) is 5.91 Å². The standard InChI is InChI=1S/C16H26N4O/c1-3-7-17-14-4-8-18-15(11-14)16(21)19-12-13-5-9-20(2)10-6-13/h4,8,11,13H,3,5-7,9-10,12H2,1-2H3,(H,17,18)(H,19,21). The monoisotopic (exact) mass is 290 g/mol. The SMILES string of the molecule is CCCNc1ccnc(C(=O)NCC2CCN(C)CC2)c1. The van der Waals surface area contributed by atoms with Crippen molar-refractivity contribution in [3.8, 4) is 0 Å². The maximum atomic E-state index is 12.2. The van der Waals surface area contributed by atoms with Crippen molar-refractivity contribution in [2.24, 2.45) is 5.92 Å². The number of pyridine rings is 1. The number of likely N-dealkylation sites (tertiary alicyclic amines) is 1. The third kappa shape index (κ3) is 5.01. The van der Waals surface area contributed by atoms with E-state index in [4.69, 9.17) is 0 Å². The Morgan fingerprint density at radius 2 is 2.19 bits per heavy atom. The number of piperidine rings is 1. The van der Waals surface area contributed by atoms with Crippen LogP contribution in [-0.2, 0) is 0 Å². The van der Waals surface area contributed by atoms with Gasteiger partial charge in [-0.3, -0.25) is 9.78 Å². The zero-order valence-corrected chi connectivity index (χ0v) is 13.1. The second kappa shape index (κ2) is 7.98. The second-order valence-corrected chi connectivity index (χ2v) is 5.81. The van der Waals surface area contributed by atoms with Crippen LogP contribution < -0.4 is 10.6 Å². The van der Waals surface area contributed by atoms with E-state index in [1.807, 2.05) is 12.1 Å². The Bertz CT molecular complexity index is 455. The van der Waals surface area contributed by atoms with Crippen molar-refractivity contribution in [3.05, 3.63) is 24.0 Å². The van der Waals surface area contributed by atoms with Gasteiger partial charge in [-0.15, -0.1) is 0 Å². The maximum Gasteiger partial charge on any atom is 0.269 e. The van der Waals surface area contributed by atoms with E-state index in [1.54, 1.807) is 6.20 Å². The Morgan fingerprint density at radius 3 is 2.90 bits per heavy atom. The highest BCUT2D eigenvalue weighted by Crippen LogP contribution is 2.15. The van der Waals surface area contributed by atoms with Gasteiger partial charge in [-0.05, 0) is 57.5 Å². The summed E-state index contributed by atoms with van der Waals surface area (Å²) < 4.78 is 0. The van der Waals surface area contributed by atoms with E-state index in [1.165, 1.54) is 0 Å². The van der Waals surface area contributed by atoms with Gasteiger partial charge in [0.05, 0.1) is 0 Å². The normalized spacial score (nSPS) is 16.7. The first-order valence-corrected chi connectivity index (χ1v) is 7.85. The van der Waals surface area contributed by atoms with Crippen LogP contribution in [0.3, 0.4) is 0 Å². The number of nitrogens with zero attached hydrogens (tertiary/aromatic N) is 2. The molecule has 5 nitrogen and oxygen atoms in total. The van der Waals surface area contributed by atoms with Crippen LogP contribution in [0.15, 0.2) is 18.3 Å². The number of anilines is 1. The van der Waals surface area contributed by atoms with Crippen LogP contribution in [0.25, 0.3) is 0 Å². The molecule has 0 bridgehead atoms. The molecule has 2 heterocycles. The van der Waals surface area contributed by atoms with E-state index in [9.17, 15) is 4.79 Å². The minimum absolute atomic E-state index is 0.0749. The smallest absolute Gasteiger partial charge is 0.269 e. The lowest BCUT2D eigenvalue weighted by Gasteiger charge is -2.28. The molecule has 0 unspecified atom stereocenters. The van der Waals surface area contributed by atoms with Crippen molar-refractivity contribution in [1.82, 2.24) is 15.2 Å². The lowest BCUT2D eigenvalue weighted by molar-refractivity contribution is 0.0934. The first-order chi connectivity index (χ1) is 10.2. The van der Waals surface area contributed by atoms with Gasteiger partial charge in [0.1, 0.15) is 5.69 Å². The summed E-state index contributed by atoms with van der Waals surface area (Å²) in [6.07, 6.45) is 5.05. The molecule has 1 fully saturated rings. The van der Waals surface area contributed by atoms with Gasteiger partial charge in [-0.1, -0.05) is 6.92 Å². The number of hydrogen-bond donors (Lipinski definition) is 2. The first-order valence-electron chi connectivity index (χ1n) is 7.85. The Morgan fingerprint density at radius 1 is 1.43 bits per heavy atom. The van der Waals surface area contributed by atoms with Gasteiger partial charge in [0.15, 0.2) is 0 Å². The maximum absolute atomic E-state index is 12.2. The van der Waals surface area contributed by atoms with Crippen LogP contribution >= 0.6 is 0 Å². The van der Waals surface area contributed by atoms with Crippen molar-refractivity contribution in [1.29, 1.82) is 0 Å². The number of carbonyl (C=O) groups excluding carboxylic acids is 1. The number of aromatic nitrogens is 1. The largest absolute Gasteiger partial charge is 0.385 e. The van der Waals surface area contributed by atoms with E-state index >= 15 is 0 Å². The Hall–Kier alpha value is -1.62. The molecule has 1 amide bonds. The third-order valence-electron chi connectivity index (χ3n) is 3.96. The van der Waals surface area contributed by atoms with Crippen molar-refractivity contribution in [3.63, 3.8) is 0 Å². The van der Waals surface area contributed by atoms with Gasteiger partial charge in [0, 0.05) is 25.0 Å². The van der Waals surface area contributed by atoms with Crippen LogP contribution in [0.4, 0.5) is 5.69 Å². The molecule has 1 aromatic heterocycles. The summed E-state index contributed by atoms with van der Waals surface area (Å²) in [4.78, 5) is 18.7. The van der Waals surface area contributed by atoms with Gasteiger partial charge in [0.25, 0.3) is 5.91 Å². The van der Waals surface area contributed by atoms with Gasteiger partial charge in [-0.25, -0.2) is 0 Å². The molecule has 1 aliphatic heterocycles. The van der Waals surface area contributed by atoms with Crippen LogP contribution in [0, 0.1) is 5.92 Å². The van der Waals surface area contributed by atoms with Gasteiger partial charge < -0.3 is 15.5 Å². The molecule has 116 valence electrons. The fraction of sp³-hybridized carbons (Fsp3) is 0.625. The fourth-order valence-electron chi connectivity index (χ4n) is 2.53. The van der Waals surface area contributed by atoms with Gasteiger partial charge in [-0.2, -0.15) is 0 Å². The highest BCUT2D eigenvalue weighted by atomic mass is 16.1. The second-order valence-electron chi connectivity index (χ2n) is 5.81. The summed E-state index contributed by atoms with van der Waals surface area (Å²) in [6, 6.07) is 3.71. The third-order valence-corrected chi connectivity index (χ3v) is 3.96. The summed E-state index contributed by atoms with van der Waals surface area (Å²) in [7, 11) is 2.15. The molecule has 0 saturated carbocycles. The van der Waals surface area contributed by atoms with Crippen LogP contribution in [0.1, 0.15) is 36.7 Å². The number of carbonyl (C=O) groups is 1. The topological polar surface area (TPSA) is 57.3 Å². The molecule has 5 heteroatoms. The number of nitrogens with one attached hydrogen (secondary N) is 2. The Kier molecular flexibility index (Phi) is 5.99. The van der Waals surface area contributed by atoms with Crippen LogP contribution in [0.5, 0.6) is 0 Å². The highest BCUT2D eigenvalue weighted by molar-refractivity contribution is 5.93. The molecule has 2 rings (SSSR count). The summed E-state index contributed by atoms with van der Waals surface area (Å²) in [5, 5.41) is 6.29. The molecular formula is C16H26N4O. The van der Waals surface area contributed by atoms with Crippen molar-refractivity contribution in [2.75, 3.05) is 38.5 Å². The lowest BCUT2D eigenvalue weighted by atomic mass is 9.97. The molecule has 0 atom stereocenters. The summed E-state index contributed by atoms with van der Waals surface area (Å²) in [5.74, 6) is 0.514. The summed E-state index contributed by atoms with van der Waals surface area (Å²) in [5.41, 5.74) is 1.44. The molecule has 1 aliphatic rings. The average Bonchev–Trinajstić information content (AvgIpc) is 2.52. The Balaban J connectivity index is 1.82. The molecule has 21 heavy (non-hydrogen) atoms. The van der Waals surface area contributed by atoms with E-state index < -0.39 is 0 Å². The van der Waals surface area contributed by atoms with E-state index in [0.717, 1.165) is 51.1 Å². The zero-order chi connectivity index (χ0) is 15.1. The average molecular weight is 290 g/mol. The van der Waals surface area contributed by atoms with E-state index in [2.05, 4.69) is 34.5 Å². The van der Waals surface area contributed by atoms with E-state index in [0.29, 0.717) is 11.6 Å². The summed E-state index contributed by atoms with van der Waals surface area (Å²) in [6.45, 7) is 6.01. The van der Waals surface area contributed by atoms with Crippen molar-refractivity contribution in [2.45, 2.75) is 26.2 Å². The lowest BCUT2D eigenvalue weighted by Crippen LogP contribution is -2.37. The molecule has 0 aliphatic carbocycles. The number of rotatable bonds is 6. The first kappa shape index (κ1) is 15.8. The van der Waals surface area contributed by atoms with Crippen molar-refractivity contribution >= 4 is 11.6 Å².